The lowest BCUT2D eigenvalue weighted by Crippen LogP contribution is -2.25. The standard InChI is InChI=1S/C19H15N3O3/c23-18(21-25)13-3-4-15-10-22(11-16(15)9-13)19(24)14-5-6-17-12(8-14)2-1-7-20-17/h1-9,25H,10-11H2,(H,21,23). The summed E-state index contributed by atoms with van der Waals surface area (Å²) in [5.74, 6) is -0.621. The van der Waals surface area contributed by atoms with E-state index in [1.807, 2.05) is 30.3 Å². The molecule has 0 fully saturated rings. The van der Waals surface area contributed by atoms with Gasteiger partial charge in [-0.05, 0) is 47.5 Å². The monoisotopic (exact) mass is 333 g/mol. The molecule has 124 valence electrons. The van der Waals surface area contributed by atoms with Crippen molar-refractivity contribution in [2.75, 3.05) is 0 Å². The lowest BCUT2D eigenvalue weighted by Gasteiger charge is -2.15. The Hall–Kier alpha value is -3.25. The average Bonchev–Trinajstić information content (AvgIpc) is 3.09. The molecular weight excluding hydrogens is 318 g/mol. The van der Waals surface area contributed by atoms with Gasteiger partial charge in [-0.3, -0.25) is 19.8 Å². The van der Waals surface area contributed by atoms with Crippen molar-refractivity contribution in [3.63, 3.8) is 0 Å². The van der Waals surface area contributed by atoms with Gasteiger partial charge in [0.25, 0.3) is 11.8 Å². The molecule has 2 amide bonds. The highest BCUT2D eigenvalue weighted by Crippen LogP contribution is 2.26. The Labute approximate surface area is 143 Å². The Morgan fingerprint density at radius 3 is 2.64 bits per heavy atom. The first-order chi connectivity index (χ1) is 12.2. The zero-order valence-corrected chi connectivity index (χ0v) is 13.3. The number of hydrogen-bond acceptors (Lipinski definition) is 4. The maximum Gasteiger partial charge on any atom is 0.274 e. The molecule has 1 aromatic heterocycles. The number of amides is 2. The van der Waals surface area contributed by atoms with Crippen molar-refractivity contribution in [1.29, 1.82) is 0 Å². The second-order valence-electron chi connectivity index (χ2n) is 6.00. The minimum absolute atomic E-state index is 0.0601. The summed E-state index contributed by atoms with van der Waals surface area (Å²) in [6.45, 7) is 0.937. The summed E-state index contributed by atoms with van der Waals surface area (Å²) in [6, 6.07) is 14.4. The van der Waals surface area contributed by atoms with E-state index in [-0.39, 0.29) is 5.91 Å². The molecular formula is C19H15N3O3. The molecule has 0 spiro atoms. The number of hydroxylamine groups is 1. The fraction of sp³-hybridized carbons (Fsp3) is 0.105. The Morgan fingerprint density at radius 2 is 1.80 bits per heavy atom. The summed E-state index contributed by atoms with van der Waals surface area (Å²) >= 11 is 0. The van der Waals surface area contributed by atoms with E-state index in [2.05, 4.69) is 4.98 Å². The van der Waals surface area contributed by atoms with Gasteiger partial charge in [-0.25, -0.2) is 5.48 Å². The first-order valence-electron chi connectivity index (χ1n) is 7.86. The molecule has 3 aromatic rings. The number of hydrogen-bond donors (Lipinski definition) is 2. The molecule has 0 radical (unpaired) electrons. The molecule has 4 rings (SSSR count). The molecule has 1 aliphatic rings. The molecule has 2 aromatic carbocycles. The van der Waals surface area contributed by atoms with Crippen LogP contribution >= 0.6 is 0 Å². The van der Waals surface area contributed by atoms with Crippen molar-refractivity contribution in [2.24, 2.45) is 0 Å². The number of carbonyl (C=O) groups is 2. The van der Waals surface area contributed by atoms with Crippen molar-refractivity contribution >= 4 is 22.7 Å². The molecule has 2 N–H and O–H groups in total. The van der Waals surface area contributed by atoms with E-state index in [4.69, 9.17) is 5.21 Å². The fourth-order valence-corrected chi connectivity index (χ4v) is 3.14. The summed E-state index contributed by atoms with van der Waals surface area (Å²) in [6.07, 6.45) is 1.72. The third-order valence-electron chi connectivity index (χ3n) is 4.43. The maximum absolute atomic E-state index is 12.8. The minimum Gasteiger partial charge on any atom is -0.330 e. The minimum atomic E-state index is -0.561. The van der Waals surface area contributed by atoms with Crippen LogP contribution in [0, 0.1) is 0 Å². The summed E-state index contributed by atoms with van der Waals surface area (Å²) in [5.41, 5.74) is 5.37. The molecule has 6 heteroatoms. The van der Waals surface area contributed by atoms with E-state index >= 15 is 0 Å². The molecule has 0 atom stereocenters. The third kappa shape index (κ3) is 2.72. The Balaban J connectivity index is 1.59. The van der Waals surface area contributed by atoms with Gasteiger partial charge in [-0.15, -0.1) is 0 Å². The Morgan fingerprint density at radius 1 is 1.00 bits per heavy atom. The van der Waals surface area contributed by atoms with Gasteiger partial charge in [0.1, 0.15) is 0 Å². The van der Waals surface area contributed by atoms with Gasteiger partial charge in [0.05, 0.1) is 5.52 Å². The highest BCUT2D eigenvalue weighted by molar-refractivity contribution is 5.98. The van der Waals surface area contributed by atoms with Crippen LogP contribution in [0.15, 0.2) is 54.7 Å². The van der Waals surface area contributed by atoms with Gasteiger partial charge < -0.3 is 4.90 Å². The van der Waals surface area contributed by atoms with Gasteiger partial charge in [0.15, 0.2) is 0 Å². The Bertz CT molecular complexity index is 1000. The average molecular weight is 333 g/mol. The lowest BCUT2D eigenvalue weighted by molar-refractivity contribution is 0.0706. The molecule has 0 saturated heterocycles. The highest BCUT2D eigenvalue weighted by Gasteiger charge is 2.25. The summed E-state index contributed by atoms with van der Waals surface area (Å²) in [5, 5.41) is 9.67. The molecule has 0 aliphatic carbocycles. The SMILES string of the molecule is O=C(NO)c1ccc2c(c1)CN(C(=O)c1ccc3ncccc3c1)C2. The van der Waals surface area contributed by atoms with Crippen molar-refractivity contribution in [1.82, 2.24) is 15.4 Å². The second-order valence-corrected chi connectivity index (χ2v) is 6.00. The van der Waals surface area contributed by atoms with Crippen LogP contribution in [0.25, 0.3) is 10.9 Å². The van der Waals surface area contributed by atoms with Gasteiger partial charge in [0.2, 0.25) is 0 Å². The van der Waals surface area contributed by atoms with Crippen LogP contribution in [-0.4, -0.2) is 26.9 Å². The number of pyridine rings is 1. The van der Waals surface area contributed by atoms with Gasteiger partial charge in [-0.1, -0.05) is 12.1 Å². The second kappa shape index (κ2) is 5.99. The van der Waals surface area contributed by atoms with E-state index in [1.165, 1.54) is 0 Å². The van der Waals surface area contributed by atoms with Crippen LogP contribution in [0.5, 0.6) is 0 Å². The van der Waals surface area contributed by atoms with Crippen LogP contribution in [-0.2, 0) is 13.1 Å². The van der Waals surface area contributed by atoms with Crippen LogP contribution < -0.4 is 5.48 Å². The molecule has 25 heavy (non-hydrogen) atoms. The molecule has 0 saturated carbocycles. The third-order valence-corrected chi connectivity index (χ3v) is 4.43. The molecule has 0 bridgehead atoms. The largest absolute Gasteiger partial charge is 0.330 e. The maximum atomic E-state index is 12.8. The molecule has 6 nitrogen and oxygen atoms in total. The van der Waals surface area contributed by atoms with Crippen LogP contribution in [0.1, 0.15) is 31.8 Å². The van der Waals surface area contributed by atoms with Crippen molar-refractivity contribution in [3.05, 3.63) is 77.0 Å². The normalized spacial score (nSPS) is 12.9. The van der Waals surface area contributed by atoms with E-state index in [9.17, 15) is 9.59 Å². The van der Waals surface area contributed by atoms with Crippen LogP contribution in [0.3, 0.4) is 0 Å². The van der Waals surface area contributed by atoms with Gasteiger partial charge in [0, 0.05) is 35.8 Å². The van der Waals surface area contributed by atoms with Crippen molar-refractivity contribution in [2.45, 2.75) is 13.1 Å². The summed E-state index contributed by atoms with van der Waals surface area (Å²) < 4.78 is 0. The predicted molar refractivity (Wildman–Crippen MR) is 91.0 cm³/mol. The van der Waals surface area contributed by atoms with Crippen molar-refractivity contribution in [3.8, 4) is 0 Å². The number of nitrogens with zero attached hydrogens (tertiary/aromatic N) is 2. The number of nitrogens with one attached hydrogen (secondary N) is 1. The number of fused-ring (bicyclic) bond motifs is 2. The summed E-state index contributed by atoms with van der Waals surface area (Å²) in [7, 11) is 0. The zero-order valence-electron chi connectivity index (χ0n) is 13.3. The van der Waals surface area contributed by atoms with Crippen LogP contribution in [0.2, 0.25) is 0 Å². The lowest BCUT2D eigenvalue weighted by atomic mass is 10.1. The van der Waals surface area contributed by atoms with Gasteiger partial charge in [-0.2, -0.15) is 0 Å². The molecule has 1 aliphatic heterocycles. The van der Waals surface area contributed by atoms with E-state index in [1.54, 1.807) is 34.8 Å². The van der Waals surface area contributed by atoms with Crippen LogP contribution in [0.4, 0.5) is 0 Å². The highest BCUT2D eigenvalue weighted by atomic mass is 16.5. The summed E-state index contributed by atoms with van der Waals surface area (Å²) in [4.78, 5) is 30.3. The first-order valence-corrected chi connectivity index (χ1v) is 7.86. The number of rotatable bonds is 2. The smallest absolute Gasteiger partial charge is 0.274 e. The molecule has 0 unspecified atom stereocenters. The quantitative estimate of drug-likeness (QED) is 0.558. The van der Waals surface area contributed by atoms with E-state index in [0.717, 1.165) is 22.0 Å². The first kappa shape index (κ1) is 15.3. The van der Waals surface area contributed by atoms with Crippen molar-refractivity contribution < 1.29 is 14.8 Å². The van der Waals surface area contributed by atoms with E-state index in [0.29, 0.717) is 24.2 Å². The zero-order chi connectivity index (χ0) is 17.4. The number of aromatic nitrogens is 1. The molecule has 2 heterocycles. The topological polar surface area (TPSA) is 82.5 Å². The Kier molecular flexibility index (Phi) is 3.66. The van der Waals surface area contributed by atoms with Gasteiger partial charge >= 0.3 is 0 Å². The number of carbonyl (C=O) groups excluding carboxylic acids is 2. The fourth-order valence-electron chi connectivity index (χ4n) is 3.14. The predicted octanol–water partition coefficient (Wildman–Crippen LogP) is 2.51. The number of benzene rings is 2. The van der Waals surface area contributed by atoms with E-state index < -0.39 is 5.91 Å².